The first-order valence-electron chi connectivity index (χ1n) is 13.7. The minimum absolute atomic E-state index is 0.186. The highest BCUT2D eigenvalue weighted by Crippen LogP contribution is 2.33. The SMILES string of the molecule is [N-]=[N+]=NCC1(CNC(=O)OC2C(O)OC(CO)[C@@H](O[C@H]3OC(CO)[C@@H](O[C@H]4OC(CO)[C@@H](O)[C@H](O)C4O)[C@H](O)C3O)[C@@H]2O)N=N1. The van der Waals surface area contributed by atoms with Crippen LogP contribution in [0, 0.1) is 0 Å². The van der Waals surface area contributed by atoms with E-state index in [-0.39, 0.29) is 13.1 Å². The Balaban J connectivity index is 1.40. The molecule has 15 atom stereocenters. The number of carbonyl (C=O) groups excluding carboxylic acids is 1. The summed E-state index contributed by atoms with van der Waals surface area (Å²) in [7, 11) is 0. The smallest absolute Gasteiger partial charge is 0.407 e. The molecule has 4 aliphatic rings. The Morgan fingerprint density at radius 3 is 1.84 bits per heavy atom. The van der Waals surface area contributed by atoms with Crippen molar-refractivity contribution in [1.29, 1.82) is 0 Å². The number of amides is 1. The summed E-state index contributed by atoms with van der Waals surface area (Å²) in [6.45, 7) is -2.96. The molecule has 0 radical (unpaired) electrons. The van der Waals surface area contributed by atoms with Crippen molar-refractivity contribution in [2.45, 2.75) is 97.8 Å². The molecule has 0 aromatic rings. The molecule has 256 valence electrons. The third-order valence-corrected chi connectivity index (χ3v) is 7.60. The van der Waals surface area contributed by atoms with Crippen molar-refractivity contribution in [3.63, 3.8) is 0 Å². The second-order valence-electron chi connectivity index (χ2n) is 10.6. The first-order valence-corrected chi connectivity index (χ1v) is 13.7. The molecule has 45 heavy (non-hydrogen) atoms. The van der Waals surface area contributed by atoms with Gasteiger partial charge in [0, 0.05) is 4.91 Å². The van der Waals surface area contributed by atoms with E-state index in [9.17, 15) is 55.9 Å². The lowest BCUT2D eigenvalue weighted by Gasteiger charge is -2.48. The average Bonchev–Trinajstić information content (AvgIpc) is 3.81. The number of alkyl carbamates (subject to hydrolysis) is 1. The van der Waals surface area contributed by atoms with Crippen LogP contribution in [0.5, 0.6) is 0 Å². The van der Waals surface area contributed by atoms with Gasteiger partial charge in [-0.3, -0.25) is 0 Å². The lowest BCUT2D eigenvalue weighted by molar-refractivity contribution is -0.377. The van der Waals surface area contributed by atoms with Crippen molar-refractivity contribution in [2.75, 3.05) is 32.9 Å². The molecule has 4 heterocycles. The molecular formula is C22H36N6O17. The lowest BCUT2D eigenvalue weighted by atomic mass is 9.96. The van der Waals surface area contributed by atoms with Gasteiger partial charge in [-0.05, 0) is 5.53 Å². The molecule has 0 aromatic heterocycles. The van der Waals surface area contributed by atoms with Gasteiger partial charge in [0.1, 0.15) is 67.1 Å². The molecule has 0 saturated carbocycles. The van der Waals surface area contributed by atoms with Crippen LogP contribution in [0.25, 0.3) is 10.4 Å². The quantitative estimate of drug-likeness (QED) is 0.0528. The summed E-state index contributed by atoms with van der Waals surface area (Å²) < 4.78 is 32.1. The zero-order valence-electron chi connectivity index (χ0n) is 23.3. The maximum Gasteiger partial charge on any atom is 0.407 e. The van der Waals surface area contributed by atoms with Crippen LogP contribution < -0.4 is 5.32 Å². The zero-order chi connectivity index (χ0) is 33.1. The van der Waals surface area contributed by atoms with Crippen LogP contribution >= 0.6 is 0 Å². The van der Waals surface area contributed by atoms with Crippen LogP contribution in [0.3, 0.4) is 0 Å². The fraction of sp³-hybridized carbons (Fsp3) is 0.955. The highest BCUT2D eigenvalue weighted by atomic mass is 16.8. The first kappa shape index (κ1) is 35.4. The van der Waals surface area contributed by atoms with Gasteiger partial charge in [0.25, 0.3) is 0 Å². The molecule has 23 heteroatoms. The van der Waals surface area contributed by atoms with Crippen molar-refractivity contribution in [3.8, 4) is 0 Å². The molecule has 0 aromatic carbocycles. The molecule has 0 aliphatic carbocycles. The van der Waals surface area contributed by atoms with Crippen molar-refractivity contribution in [1.82, 2.24) is 5.32 Å². The summed E-state index contributed by atoms with van der Waals surface area (Å²) in [6.07, 6.45) is -27.7. The Morgan fingerprint density at radius 1 is 0.756 bits per heavy atom. The molecule has 11 N–H and O–H groups in total. The summed E-state index contributed by atoms with van der Waals surface area (Å²) in [5.74, 6) is 0. The number of azide groups is 1. The van der Waals surface area contributed by atoms with E-state index in [1.807, 2.05) is 0 Å². The standard InChI is InChI=1S/C22H36N6O17/c23-28-25-5-22(26-27-22)4-24-21(39)45-17-14(37)16(7(2-30)40-18(17)38)44-20-13(36)11(34)15(8(3-31)42-20)43-19-12(35)10(33)9(32)6(1-29)41-19/h6-20,29-38H,1-5H2,(H,24,39)/t6?,7?,8?,9-,10+,11-,12?,13?,14+,15-,16-,17?,18?,19-,20-/m1/s1. The Hall–Kier alpha value is -2.42. The van der Waals surface area contributed by atoms with E-state index < -0.39 is 124 Å². The summed E-state index contributed by atoms with van der Waals surface area (Å²) in [5.41, 5.74) is 7.27. The Morgan fingerprint density at radius 2 is 1.29 bits per heavy atom. The van der Waals surface area contributed by atoms with Gasteiger partial charge in [0.05, 0.1) is 32.9 Å². The van der Waals surface area contributed by atoms with Crippen LogP contribution in [0.2, 0.25) is 0 Å². The van der Waals surface area contributed by atoms with Gasteiger partial charge in [-0.2, -0.15) is 10.2 Å². The summed E-state index contributed by atoms with van der Waals surface area (Å²) in [5, 5.41) is 115. The van der Waals surface area contributed by atoms with E-state index >= 15 is 0 Å². The largest absolute Gasteiger partial charge is 0.438 e. The number of ether oxygens (including phenoxy) is 6. The van der Waals surface area contributed by atoms with Crippen LogP contribution in [-0.2, 0) is 28.4 Å². The van der Waals surface area contributed by atoms with Gasteiger partial charge in [-0.1, -0.05) is 5.11 Å². The van der Waals surface area contributed by atoms with Gasteiger partial charge in [0.2, 0.25) is 5.66 Å². The van der Waals surface area contributed by atoms with Crippen LogP contribution in [0.1, 0.15) is 0 Å². The second-order valence-corrected chi connectivity index (χ2v) is 10.6. The van der Waals surface area contributed by atoms with Crippen molar-refractivity contribution >= 4 is 6.09 Å². The summed E-state index contributed by atoms with van der Waals surface area (Å²) >= 11 is 0. The number of aliphatic hydroxyl groups excluding tert-OH is 10. The number of nitrogens with one attached hydrogen (secondary N) is 1. The molecule has 0 bridgehead atoms. The van der Waals surface area contributed by atoms with Crippen LogP contribution in [0.15, 0.2) is 15.3 Å². The van der Waals surface area contributed by atoms with Crippen molar-refractivity contribution < 1.29 is 84.3 Å². The third kappa shape index (κ3) is 7.77. The maximum atomic E-state index is 12.4. The van der Waals surface area contributed by atoms with Gasteiger partial charge in [0.15, 0.2) is 25.0 Å². The molecule has 3 saturated heterocycles. The minimum atomic E-state index is -2.01. The van der Waals surface area contributed by atoms with E-state index in [1.54, 1.807) is 0 Å². The summed E-state index contributed by atoms with van der Waals surface area (Å²) in [6, 6.07) is 0. The molecule has 4 aliphatic heterocycles. The highest BCUT2D eigenvalue weighted by molar-refractivity contribution is 5.67. The second kappa shape index (κ2) is 15.0. The highest BCUT2D eigenvalue weighted by Gasteiger charge is 2.54. The lowest BCUT2D eigenvalue weighted by Crippen LogP contribution is -2.66. The Bertz CT molecular complexity index is 1080. The number of hydrogen-bond donors (Lipinski definition) is 11. The van der Waals surface area contributed by atoms with E-state index in [0.29, 0.717) is 0 Å². The molecule has 7 unspecified atom stereocenters. The number of aliphatic hydroxyl groups is 10. The predicted molar refractivity (Wildman–Crippen MR) is 135 cm³/mol. The van der Waals surface area contributed by atoms with E-state index in [4.69, 9.17) is 34.0 Å². The fourth-order valence-electron chi connectivity index (χ4n) is 4.96. The van der Waals surface area contributed by atoms with E-state index in [0.717, 1.165) is 0 Å². The van der Waals surface area contributed by atoms with Gasteiger partial charge < -0.3 is 84.8 Å². The minimum Gasteiger partial charge on any atom is -0.438 e. The molecular weight excluding hydrogens is 620 g/mol. The molecule has 0 spiro atoms. The molecule has 23 nitrogen and oxygen atoms in total. The Labute approximate surface area is 252 Å². The van der Waals surface area contributed by atoms with Crippen molar-refractivity contribution in [3.05, 3.63) is 10.4 Å². The molecule has 3 fully saturated rings. The number of nitrogens with zero attached hydrogens (tertiary/aromatic N) is 5. The summed E-state index contributed by atoms with van der Waals surface area (Å²) in [4.78, 5) is 15.0. The van der Waals surface area contributed by atoms with Gasteiger partial charge in [-0.15, -0.1) is 0 Å². The number of carbonyl (C=O) groups is 1. The van der Waals surface area contributed by atoms with Gasteiger partial charge >= 0.3 is 6.09 Å². The fourth-order valence-corrected chi connectivity index (χ4v) is 4.96. The molecule has 1 amide bonds. The zero-order valence-corrected chi connectivity index (χ0v) is 23.3. The van der Waals surface area contributed by atoms with Crippen LogP contribution in [0.4, 0.5) is 4.79 Å². The number of hydrogen-bond acceptors (Lipinski definition) is 20. The predicted octanol–water partition coefficient (Wildman–Crippen LogP) is -6.37. The molecule has 4 rings (SSSR count). The maximum absolute atomic E-state index is 12.4. The monoisotopic (exact) mass is 656 g/mol. The topological polar surface area (TPSA) is 360 Å². The first-order chi connectivity index (χ1) is 21.4. The van der Waals surface area contributed by atoms with Gasteiger partial charge in [-0.25, -0.2) is 4.79 Å². The van der Waals surface area contributed by atoms with Crippen LogP contribution in [-0.4, -0.2) is 188 Å². The Kier molecular flexibility index (Phi) is 11.8. The van der Waals surface area contributed by atoms with E-state index in [2.05, 4.69) is 25.6 Å². The number of rotatable bonds is 12. The third-order valence-electron chi connectivity index (χ3n) is 7.60. The average molecular weight is 657 g/mol. The van der Waals surface area contributed by atoms with Crippen molar-refractivity contribution in [2.24, 2.45) is 15.3 Å². The van der Waals surface area contributed by atoms with E-state index in [1.165, 1.54) is 0 Å². The normalized spacial score (nSPS) is 44.1.